The summed E-state index contributed by atoms with van der Waals surface area (Å²) in [5, 5.41) is 7.45. The molecular weight excluding hydrogens is 301 g/mol. The summed E-state index contributed by atoms with van der Waals surface area (Å²) in [5.41, 5.74) is 1.42. The monoisotopic (exact) mass is 313 g/mol. The highest BCUT2D eigenvalue weighted by atomic mass is 32.2. The van der Waals surface area contributed by atoms with Crippen LogP contribution in [0.25, 0.3) is 11.4 Å². The van der Waals surface area contributed by atoms with Gasteiger partial charge in [0.15, 0.2) is 11.6 Å². The van der Waals surface area contributed by atoms with Crippen molar-refractivity contribution in [3.63, 3.8) is 0 Å². The Labute approximate surface area is 130 Å². The topological polar surface area (TPSA) is 58.6 Å². The molecule has 0 aliphatic carbocycles. The third kappa shape index (κ3) is 3.40. The lowest BCUT2D eigenvalue weighted by Gasteiger charge is -1.98. The summed E-state index contributed by atoms with van der Waals surface area (Å²) in [5.74, 6) is 0.427. The number of rotatable bonds is 5. The third-order valence-electron chi connectivity index (χ3n) is 3.01. The fourth-order valence-electron chi connectivity index (χ4n) is 1.89. The number of nitrogens with one attached hydrogen (secondary N) is 1. The zero-order valence-electron chi connectivity index (χ0n) is 11.5. The number of thioether (sulfide) groups is 1. The predicted molar refractivity (Wildman–Crippen MR) is 83.3 cm³/mol. The Bertz CT molecular complexity index is 772. The molecule has 0 spiro atoms. The smallest absolute Gasteiger partial charge is 0.209 e. The Morgan fingerprint density at radius 2 is 1.82 bits per heavy atom. The first kappa shape index (κ1) is 14.5. The van der Waals surface area contributed by atoms with Crippen molar-refractivity contribution in [2.75, 3.05) is 5.75 Å². The van der Waals surface area contributed by atoms with E-state index < -0.39 is 0 Å². The van der Waals surface area contributed by atoms with Crippen molar-refractivity contribution in [2.45, 2.75) is 5.16 Å². The average molecular weight is 313 g/mol. The molecule has 110 valence electrons. The minimum Gasteiger partial charge on any atom is -0.293 e. The Balaban J connectivity index is 1.64. The van der Waals surface area contributed by atoms with Crippen molar-refractivity contribution in [1.82, 2.24) is 15.2 Å². The molecule has 1 aromatic heterocycles. The van der Waals surface area contributed by atoms with Crippen molar-refractivity contribution < 1.29 is 9.18 Å². The Hall–Kier alpha value is -2.47. The molecule has 3 rings (SSSR count). The fourth-order valence-corrected chi connectivity index (χ4v) is 2.58. The van der Waals surface area contributed by atoms with Crippen LogP contribution in [0.5, 0.6) is 0 Å². The Morgan fingerprint density at radius 3 is 2.55 bits per heavy atom. The third-order valence-corrected chi connectivity index (χ3v) is 3.86. The van der Waals surface area contributed by atoms with E-state index in [1.807, 2.05) is 30.3 Å². The number of benzene rings is 2. The summed E-state index contributed by atoms with van der Waals surface area (Å²) in [6, 6.07) is 15.1. The normalized spacial score (nSPS) is 10.6. The largest absolute Gasteiger partial charge is 0.293 e. The lowest BCUT2D eigenvalue weighted by Crippen LogP contribution is -2.02. The number of ketones is 1. The van der Waals surface area contributed by atoms with Gasteiger partial charge in [0, 0.05) is 11.1 Å². The number of carbonyl (C=O) groups excluding carboxylic acids is 1. The summed E-state index contributed by atoms with van der Waals surface area (Å²) in [6.07, 6.45) is 0. The molecule has 0 unspecified atom stereocenters. The number of hydrogen-bond acceptors (Lipinski definition) is 4. The number of carbonyl (C=O) groups is 1. The van der Waals surface area contributed by atoms with Gasteiger partial charge >= 0.3 is 0 Å². The molecule has 0 saturated carbocycles. The Morgan fingerprint density at radius 1 is 1.09 bits per heavy atom. The van der Waals surface area contributed by atoms with Crippen molar-refractivity contribution in [3.05, 3.63) is 66.0 Å². The van der Waals surface area contributed by atoms with Gasteiger partial charge in [-0.25, -0.2) is 9.37 Å². The van der Waals surface area contributed by atoms with Crippen LogP contribution < -0.4 is 0 Å². The summed E-state index contributed by atoms with van der Waals surface area (Å²) in [4.78, 5) is 16.3. The number of hydrogen-bond donors (Lipinski definition) is 1. The van der Waals surface area contributed by atoms with E-state index in [0.29, 0.717) is 16.5 Å². The number of aromatic nitrogens is 3. The van der Waals surface area contributed by atoms with E-state index in [1.54, 1.807) is 0 Å². The average Bonchev–Trinajstić information content (AvgIpc) is 3.03. The maximum Gasteiger partial charge on any atom is 0.209 e. The van der Waals surface area contributed by atoms with E-state index >= 15 is 0 Å². The van der Waals surface area contributed by atoms with Crippen molar-refractivity contribution in [3.8, 4) is 11.4 Å². The first-order valence-corrected chi connectivity index (χ1v) is 7.60. The van der Waals surface area contributed by atoms with Crippen LogP contribution in [-0.4, -0.2) is 26.7 Å². The van der Waals surface area contributed by atoms with E-state index in [0.717, 1.165) is 5.56 Å². The zero-order valence-corrected chi connectivity index (χ0v) is 12.3. The molecule has 0 atom stereocenters. The van der Waals surface area contributed by atoms with Crippen molar-refractivity contribution >= 4 is 17.5 Å². The lowest BCUT2D eigenvalue weighted by molar-refractivity contribution is 0.102. The van der Waals surface area contributed by atoms with E-state index in [1.165, 1.54) is 36.0 Å². The minimum absolute atomic E-state index is 0.0870. The molecule has 3 aromatic rings. The molecule has 6 heteroatoms. The standard InChI is InChI=1S/C16H12FN3OS/c17-13-8-6-11(7-9-13)14(21)10-22-16-18-15(19-20-16)12-4-2-1-3-5-12/h1-9H,10H2,(H,18,19,20). The minimum atomic E-state index is -0.356. The quantitative estimate of drug-likeness (QED) is 0.578. The van der Waals surface area contributed by atoms with Crippen LogP contribution in [0.2, 0.25) is 0 Å². The van der Waals surface area contributed by atoms with E-state index in [-0.39, 0.29) is 17.4 Å². The number of aromatic amines is 1. The molecular formula is C16H12FN3OS. The van der Waals surface area contributed by atoms with Gasteiger partial charge < -0.3 is 0 Å². The second-order valence-corrected chi connectivity index (χ2v) is 5.49. The van der Waals surface area contributed by atoms with Gasteiger partial charge in [0.05, 0.1) is 5.75 Å². The number of Topliss-reactive ketones (excluding diaryl/α,β-unsaturated/α-hetero) is 1. The summed E-state index contributed by atoms with van der Waals surface area (Å²) in [6.45, 7) is 0. The van der Waals surface area contributed by atoms with Gasteiger partial charge in [-0.1, -0.05) is 42.1 Å². The summed E-state index contributed by atoms with van der Waals surface area (Å²) < 4.78 is 12.8. The highest BCUT2D eigenvalue weighted by Gasteiger charge is 2.10. The number of H-pyrrole nitrogens is 1. The molecule has 0 aliphatic rings. The van der Waals surface area contributed by atoms with Crippen molar-refractivity contribution in [1.29, 1.82) is 0 Å². The predicted octanol–water partition coefficient (Wildman–Crippen LogP) is 3.59. The van der Waals surface area contributed by atoms with E-state index in [9.17, 15) is 9.18 Å². The second-order valence-electron chi connectivity index (χ2n) is 4.55. The zero-order chi connectivity index (χ0) is 15.4. The highest BCUT2D eigenvalue weighted by Crippen LogP contribution is 2.19. The fraction of sp³-hybridized carbons (Fsp3) is 0.0625. The van der Waals surface area contributed by atoms with Crippen molar-refractivity contribution in [2.24, 2.45) is 0 Å². The summed E-state index contributed by atoms with van der Waals surface area (Å²) in [7, 11) is 0. The highest BCUT2D eigenvalue weighted by molar-refractivity contribution is 7.99. The van der Waals surface area contributed by atoms with Gasteiger partial charge in [-0.3, -0.25) is 9.89 Å². The van der Waals surface area contributed by atoms with Crippen LogP contribution in [0.3, 0.4) is 0 Å². The molecule has 0 radical (unpaired) electrons. The Kier molecular flexibility index (Phi) is 4.29. The molecule has 0 amide bonds. The molecule has 0 fully saturated rings. The summed E-state index contributed by atoms with van der Waals surface area (Å²) >= 11 is 1.25. The maximum atomic E-state index is 12.8. The molecule has 0 saturated heterocycles. The van der Waals surface area contributed by atoms with Gasteiger partial charge in [0.2, 0.25) is 5.16 Å². The molecule has 1 N–H and O–H groups in total. The van der Waals surface area contributed by atoms with Crippen LogP contribution in [0.15, 0.2) is 59.8 Å². The maximum absolute atomic E-state index is 12.8. The van der Waals surface area contributed by atoms with Gasteiger partial charge in [0.1, 0.15) is 5.82 Å². The first-order valence-electron chi connectivity index (χ1n) is 6.62. The molecule has 0 bridgehead atoms. The van der Waals surface area contributed by atoms with E-state index in [4.69, 9.17) is 0 Å². The number of nitrogens with zero attached hydrogens (tertiary/aromatic N) is 2. The van der Waals surface area contributed by atoms with Crippen LogP contribution in [0, 0.1) is 5.82 Å². The van der Waals surface area contributed by atoms with Gasteiger partial charge in [-0.05, 0) is 24.3 Å². The molecule has 1 heterocycles. The van der Waals surface area contributed by atoms with Gasteiger partial charge in [0.25, 0.3) is 0 Å². The van der Waals surface area contributed by atoms with Crippen LogP contribution in [0.4, 0.5) is 4.39 Å². The van der Waals surface area contributed by atoms with Crippen LogP contribution >= 0.6 is 11.8 Å². The van der Waals surface area contributed by atoms with E-state index in [2.05, 4.69) is 15.2 Å². The molecule has 2 aromatic carbocycles. The van der Waals surface area contributed by atoms with Crippen LogP contribution in [-0.2, 0) is 0 Å². The SMILES string of the molecule is O=C(CSc1n[nH]c(-c2ccccc2)n1)c1ccc(F)cc1. The molecule has 0 aliphatic heterocycles. The lowest BCUT2D eigenvalue weighted by atomic mass is 10.1. The van der Waals surface area contributed by atoms with Gasteiger partial charge in [-0.15, -0.1) is 5.10 Å². The first-order chi connectivity index (χ1) is 10.7. The van der Waals surface area contributed by atoms with Crippen LogP contribution in [0.1, 0.15) is 10.4 Å². The second kappa shape index (κ2) is 6.53. The number of halogens is 1. The molecule has 22 heavy (non-hydrogen) atoms. The molecule has 4 nitrogen and oxygen atoms in total. The van der Waals surface area contributed by atoms with Gasteiger partial charge in [-0.2, -0.15) is 0 Å².